The molecule has 15 nitrogen and oxygen atoms in total. The summed E-state index contributed by atoms with van der Waals surface area (Å²) in [6.07, 6.45) is 0. The summed E-state index contributed by atoms with van der Waals surface area (Å²) >= 11 is 0. The second kappa shape index (κ2) is 30.5. The predicted molar refractivity (Wildman–Crippen MR) is 54.5 cm³/mol. The molecule has 0 aromatic rings. The fourth-order valence-electron chi connectivity index (χ4n) is 0. The molecule has 0 atom stereocenters. The van der Waals surface area contributed by atoms with Crippen LogP contribution in [-0.2, 0) is 48.3 Å². The van der Waals surface area contributed by atoms with Crippen LogP contribution in [0.25, 0.3) is 0 Å². The predicted octanol–water partition coefficient (Wildman–Crippen LogP) is -5.69. The van der Waals surface area contributed by atoms with Crippen molar-refractivity contribution in [1.29, 1.82) is 0 Å². The molecule has 0 fully saturated rings. The molecule has 0 aromatic carbocycles. The maximum absolute atomic E-state index is 8.52. The van der Waals surface area contributed by atoms with Gasteiger partial charge in [-0.25, -0.2) is 0 Å². The van der Waals surface area contributed by atoms with E-state index in [0.29, 0.717) is 0 Å². The van der Waals surface area contributed by atoms with Gasteiger partial charge >= 0.3 is 164 Å². The number of rotatable bonds is 0. The number of hydrogen-bond acceptors (Lipinski definition) is 15. The van der Waals surface area contributed by atoms with Crippen LogP contribution in [0, 0.1) is 0 Å². The summed E-state index contributed by atoms with van der Waals surface area (Å²) < 4.78 is 102. The second-order valence-corrected chi connectivity index (χ2v) is 3.67. The van der Waals surface area contributed by atoms with Crippen molar-refractivity contribution >= 4 is 178 Å². The maximum atomic E-state index is 8.52. The molecular formula is H3Ba3FeO15S3. The van der Waals surface area contributed by atoms with E-state index in [1.807, 2.05) is 0 Å². The molecule has 0 aliphatic carbocycles. The Labute approximate surface area is 257 Å². The maximum Gasteiger partial charge on any atom is 3.00 e. The Kier molecular flexibility index (Phi) is 87.5. The van der Waals surface area contributed by atoms with Crippen LogP contribution in [0.1, 0.15) is 0 Å². The second-order valence-electron chi connectivity index (χ2n) is 1.22. The fourth-order valence-corrected chi connectivity index (χ4v) is 0. The van der Waals surface area contributed by atoms with Crippen molar-refractivity contribution in [3.63, 3.8) is 0 Å². The summed E-state index contributed by atoms with van der Waals surface area (Å²) in [5, 5.41) is 0. The molecular weight excluding hydrogens is 804 g/mol. The molecule has 125 valence electrons. The topological polar surface area (TPSA) is 331 Å². The Morgan fingerprint density at radius 3 is 0.409 bits per heavy atom. The van der Waals surface area contributed by atoms with Crippen LogP contribution in [0.3, 0.4) is 0 Å². The smallest absolute Gasteiger partial charge is 0.870 e. The van der Waals surface area contributed by atoms with E-state index in [1.165, 1.54) is 0 Å². The molecule has 0 saturated carbocycles. The van der Waals surface area contributed by atoms with Crippen molar-refractivity contribution in [3.05, 3.63) is 0 Å². The van der Waals surface area contributed by atoms with E-state index in [0.717, 1.165) is 0 Å². The molecule has 0 rings (SSSR count). The first-order valence-corrected chi connectivity index (χ1v) is 6.00. The van der Waals surface area contributed by atoms with Crippen LogP contribution < -0.4 is 0 Å². The minimum atomic E-state index is -5.17. The molecule has 0 heterocycles. The van der Waals surface area contributed by atoms with E-state index in [4.69, 9.17) is 52.6 Å². The average Bonchev–Trinajstić information content (AvgIpc) is 1.41. The van der Waals surface area contributed by atoms with Crippen molar-refractivity contribution in [2.75, 3.05) is 0 Å². The molecule has 0 aliphatic heterocycles. The zero-order chi connectivity index (χ0) is 13.5. The van der Waals surface area contributed by atoms with Gasteiger partial charge in [0.15, 0.2) is 0 Å². The van der Waals surface area contributed by atoms with Crippen molar-refractivity contribution in [2.45, 2.75) is 0 Å². The van der Waals surface area contributed by atoms with Crippen LogP contribution in [0.4, 0.5) is 0 Å². The third-order valence-corrected chi connectivity index (χ3v) is 0. The molecule has 0 aromatic heterocycles. The van der Waals surface area contributed by atoms with E-state index < -0.39 is 31.2 Å². The summed E-state index contributed by atoms with van der Waals surface area (Å²) in [7, 11) is -15.5. The Bertz CT molecular complexity index is 351. The number of hydrogen-bond donors (Lipinski definition) is 0. The molecule has 0 amide bonds. The Balaban J connectivity index is -0.0000000106. The average molecular weight is 807 g/mol. The molecule has 0 aliphatic rings. The molecule has 3 N–H and O–H groups in total. The molecule has 0 unspecified atom stereocenters. The van der Waals surface area contributed by atoms with E-state index >= 15 is 0 Å². The summed E-state index contributed by atoms with van der Waals surface area (Å²) in [6.45, 7) is 0. The van der Waals surface area contributed by atoms with Gasteiger partial charge in [0.25, 0.3) is 0 Å². The summed E-state index contributed by atoms with van der Waals surface area (Å²) in [5.74, 6) is 0. The zero-order valence-corrected chi connectivity index (χ0v) is 26.8. The monoisotopic (exact) mass is 809 g/mol. The van der Waals surface area contributed by atoms with Gasteiger partial charge in [0.05, 0.1) is 0 Å². The Hall–Kier alpha value is 4.72. The largest absolute Gasteiger partial charge is 3.00 e. The van der Waals surface area contributed by atoms with Gasteiger partial charge in [-0.3, -0.25) is 25.3 Å². The van der Waals surface area contributed by atoms with Gasteiger partial charge in [-0.2, -0.15) is 0 Å². The summed E-state index contributed by atoms with van der Waals surface area (Å²) in [5.41, 5.74) is 0. The summed E-state index contributed by atoms with van der Waals surface area (Å²) in [4.78, 5) is 0. The van der Waals surface area contributed by atoms with Crippen LogP contribution in [0.15, 0.2) is 0 Å². The van der Waals surface area contributed by atoms with Gasteiger partial charge in [-0.15, -0.1) is 0 Å². The molecule has 0 spiro atoms. The molecule has 22 heavy (non-hydrogen) atoms. The molecule has 0 saturated heterocycles. The van der Waals surface area contributed by atoms with Crippen molar-refractivity contribution < 1.29 is 86.1 Å². The van der Waals surface area contributed by atoms with Crippen LogP contribution >= 0.6 is 0 Å². The van der Waals surface area contributed by atoms with Crippen molar-refractivity contribution in [1.82, 2.24) is 0 Å². The van der Waals surface area contributed by atoms with Crippen molar-refractivity contribution in [3.8, 4) is 0 Å². The van der Waals surface area contributed by atoms with E-state index in [1.54, 1.807) is 0 Å². The summed E-state index contributed by atoms with van der Waals surface area (Å²) in [6, 6.07) is 0. The minimum absolute atomic E-state index is 0. The molecule has 0 bridgehead atoms. The first-order valence-electron chi connectivity index (χ1n) is 2.00. The van der Waals surface area contributed by atoms with Crippen LogP contribution in [-0.4, -0.2) is 216 Å². The van der Waals surface area contributed by atoms with Crippen LogP contribution in [0.5, 0.6) is 0 Å². The van der Waals surface area contributed by atoms with E-state index in [2.05, 4.69) is 0 Å². The van der Waals surface area contributed by atoms with Crippen molar-refractivity contribution in [2.24, 2.45) is 0 Å². The zero-order valence-electron chi connectivity index (χ0n) is 9.94. The van der Waals surface area contributed by atoms with E-state index in [9.17, 15) is 0 Å². The van der Waals surface area contributed by atoms with Gasteiger partial charge < -0.3 is 43.7 Å². The first kappa shape index (κ1) is 63.2. The van der Waals surface area contributed by atoms with Gasteiger partial charge in [0.2, 0.25) is 0 Å². The fraction of sp³-hybridized carbons (Fsp3) is 0. The molecule has 1 radical (unpaired) electrons. The SMILES string of the molecule is O=S(=O)([O-])[O-].O=S(=O)([O-])[O-].O=S(=O)([O-])[O-].[Ba+2].[Ba+2].[Ba+2].[Fe+3].[OH-].[OH-].[OH-]. The third-order valence-electron chi connectivity index (χ3n) is 0. The normalized spacial score (nSPS) is 7.91. The molecule has 22 heteroatoms. The minimum Gasteiger partial charge on any atom is -0.870 e. The quantitative estimate of drug-likeness (QED) is 0.125. The van der Waals surface area contributed by atoms with E-state index in [-0.39, 0.29) is 180 Å². The Morgan fingerprint density at radius 2 is 0.409 bits per heavy atom. The third kappa shape index (κ3) is 624. The van der Waals surface area contributed by atoms with Crippen LogP contribution in [0.2, 0.25) is 0 Å². The van der Waals surface area contributed by atoms with Gasteiger partial charge in [-0.1, -0.05) is 0 Å². The van der Waals surface area contributed by atoms with Gasteiger partial charge in [-0.05, 0) is 0 Å². The standard InChI is InChI=1S/3Ba.Fe.3H2O4S.3H2O/c;;;;3*1-5(2,3)4;;;/h;;;;3*(H2,1,2,3,4);3*1H2/q3*+2;+3;;;;;;/p-9. The first-order chi connectivity index (χ1) is 6.00. The van der Waals surface area contributed by atoms with Gasteiger partial charge in [0.1, 0.15) is 0 Å². The Morgan fingerprint density at radius 1 is 0.409 bits per heavy atom. The van der Waals surface area contributed by atoms with Gasteiger partial charge in [0, 0.05) is 31.2 Å².